The summed E-state index contributed by atoms with van der Waals surface area (Å²) in [7, 11) is 0. The van der Waals surface area contributed by atoms with Gasteiger partial charge < -0.3 is 20.3 Å². The molecule has 36 heavy (non-hydrogen) atoms. The summed E-state index contributed by atoms with van der Waals surface area (Å²) in [6, 6.07) is 15.5. The van der Waals surface area contributed by atoms with Crippen molar-refractivity contribution in [1.82, 2.24) is 19.6 Å². The van der Waals surface area contributed by atoms with Crippen LogP contribution < -0.4 is 15.6 Å². The summed E-state index contributed by atoms with van der Waals surface area (Å²) in [5.74, 6) is 0.818. The molecule has 4 rings (SSSR count). The Balaban J connectivity index is 1.54. The Labute approximate surface area is 207 Å². The minimum Gasteiger partial charge on any atom is -0.455 e. The highest BCUT2D eigenvalue weighted by Gasteiger charge is 2.25. The van der Waals surface area contributed by atoms with Gasteiger partial charge in [0, 0.05) is 23.7 Å². The van der Waals surface area contributed by atoms with E-state index in [4.69, 9.17) is 9.84 Å². The number of rotatable bonds is 10. The van der Waals surface area contributed by atoms with E-state index in [2.05, 4.69) is 15.5 Å². The smallest absolute Gasteiger partial charge is 0.271 e. The topological polar surface area (TPSA) is 132 Å². The van der Waals surface area contributed by atoms with Crippen molar-refractivity contribution in [3.63, 3.8) is 0 Å². The number of aliphatic hydroxyl groups excluding tert-OH is 2. The summed E-state index contributed by atoms with van der Waals surface area (Å²) in [6.07, 6.45) is 2.43. The highest BCUT2D eigenvalue weighted by molar-refractivity contribution is 5.92. The predicted molar refractivity (Wildman–Crippen MR) is 135 cm³/mol. The molecule has 10 nitrogen and oxygen atoms in total. The summed E-state index contributed by atoms with van der Waals surface area (Å²) in [6.45, 7) is 3.59. The highest BCUT2D eigenvalue weighted by atomic mass is 16.5. The van der Waals surface area contributed by atoms with Crippen molar-refractivity contribution in [2.24, 2.45) is 5.92 Å². The van der Waals surface area contributed by atoms with Crippen LogP contribution in [0.3, 0.4) is 0 Å². The summed E-state index contributed by atoms with van der Waals surface area (Å²) in [5.41, 5.74) is -0.467. The van der Waals surface area contributed by atoms with Crippen LogP contribution in [0, 0.1) is 5.92 Å². The number of hydrogen-bond donors (Lipinski definition) is 3. The van der Waals surface area contributed by atoms with E-state index in [0.717, 1.165) is 15.5 Å². The van der Waals surface area contributed by atoms with Gasteiger partial charge in [0.25, 0.3) is 11.5 Å². The molecule has 2 aromatic carbocycles. The third-order valence-corrected chi connectivity index (χ3v) is 5.57. The molecule has 10 heteroatoms. The number of nitrogens with one attached hydrogen (secondary N) is 1. The van der Waals surface area contributed by atoms with E-state index in [1.165, 1.54) is 16.9 Å². The van der Waals surface area contributed by atoms with Crippen LogP contribution in [0.2, 0.25) is 0 Å². The van der Waals surface area contributed by atoms with Crippen molar-refractivity contribution < 1.29 is 19.7 Å². The number of benzene rings is 2. The van der Waals surface area contributed by atoms with Crippen LogP contribution in [-0.2, 0) is 11.3 Å². The standard InChI is InChI=1S/C26H29N5O5/c1-17(2)12-22(26(35)28-24-10-11-30(29-24)15-19(33)16-32)31-25(34)13-20(14-27-31)36-23-9-5-7-18-6-3-4-8-21(18)23/h3-11,13-14,17,19,22,32-33H,12,15-16H2,1-2H3,(H,28,29,35)/t19-,22+/m1/s1. The van der Waals surface area contributed by atoms with E-state index in [1.807, 2.05) is 56.3 Å². The van der Waals surface area contributed by atoms with Crippen LogP contribution in [0.15, 0.2) is 71.8 Å². The first-order chi connectivity index (χ1) is 17.3. The molecule has 0 saturated carbocycles. The maximum atomic E-state index is 13.1. The molecule has 0 bridgehead atoms. The average molecular weight is 492 g/mol. The van der Waals surface area contributed by atoms with E-state index in [9.17, 15) is 14.7 Å². The van der Waals surface area contributed by atoms with Gasteiger partial charge in [0.2, 0.25) is 0 Å². The monoisotopic (exact) mass is 491 g/mol. The first-order valence-corrected chi connectivity index (χ1v) is 11.7. The maximum Gasteiger partial charge on any atom is 0.271 e. The first kappa shape index (κ1) is 25.1. The molecule has 0 aliphatic carbocycles. The van der Waals surface area contributed by atoms with Crippen molar-refractivity contribution in [2.75, 3.05) is 11.9 Å². The van der Waals surface area contributed by atoms with Gasteiger partial charge in [-0.25, -0.2) is 4.68 Å². The Morgan fingerprint density at radius 1 is 1.14 bits per heavy atom. The van der Waals surface area contributed by atoms with Gasteiger partial charge in [-0.15, -0.1) is 0 Å². The lowest BCUT2D eigenvalue weighted by atomic mass is 10.0. The molecule has 2 heterocycles. The fourth-order valence-corrected chi connectivity index (χ4v) is 3.88. The quantitative estimate of drug-likeness (QED) is 0.311. The Morgan fingerprint density at radius 2 is 1.92 bits per heavy atom. The summed E-state index contributed by atoms with van der Waals surface area (Å²) >= 11 is 0. The van der Waals surface area contributed by atoms with Crippen LogP contribution in [0.1, 0.15) is 26.3 Å². The normalized spacial score (nSPS) is 13.0. The molecule has 2 aromatic heterocycles. The van der Waals surface area contributed by atoms with Gasteiger partial charge in [0.05, 0.1) is 25.5 Å². The second-order valence-corrected chi connectivity index (χ2v) is 8.95. The van der Waals surface area contributed by atoms with E-state index in [1.54, 1.807) is 12.3 Å². The van der Waals surface area contributed by atoms with Crippen LogP contribution in [0.4, 0.5) is 5.82 Å². The van der Waals surface area contributed by atoms with E-state index in [-0.39, 0.29) is 24.0 Å². The second kappa shape index (κ2) is 11.1. The van der Waals surface area contributed by atoms with Gasteiger partial charge in [0.1, 0.15) is 11.8 Å². The molecular formula is C26H29N5O5. The zero-order chi connectivity index (χ0) is 25.7. The Morgan fingerprint density at radius 3 is 2.67 bits per heavy atom. The van der Waals surface area contributed by atoms with Gasteiger partial charge in [0.15, 0.2) is 11.6 Å². The number of carbonyl (C=O) groups is 1. The molecule has 0 spiro atoms. The predicted octanol–water partition coefficient (Wildman–Crippen LogP) is 2.96. The first-order valence-electron chi connectivity index (χ1n) is 11.7. The second-order valence-electron chi connectivity index (χ2n) is 8.95. The molecule has 0 radical (unpaired) electrons. The number of amides is 1. The molecular weight excluding hydrogens is 462 g/mol. The van der Waals surface area contributed by atoms with Gasteiger partial charge >= 0.3 is 0 Å². The summed E-state index contributed by atoms with van der Waals surface area (Å²) in [5, 5.41) is 31.7. The maximum absolute atomic E-state index is 13.1. The zero-order valence-corrected chi connectivity index (χ0v) is 20.1. The molecule has 188 valence electrons. The van der Waals surface area contributed by atoms with Crippen molar-refractivity contribution in [3.05, 3.63) is 77.3 Å². The van der Waals surface area contributed by atoms with Crippen LogP contribution >= 0.6 is 0 Å². The average Bonchev–Trinajstić information content (AvgIpc) is 3.29. The van der Waals surface area contributed by atoms with E-state index in [0.29, 0.717) is 12.2 Å². The Bertz CT molecular complexity index is 1390. The lowest BCUT2D eigenvalue weighted by Crippen LogP contribution is -2.35. The molecule has 0 saturated heterocycles. The van der Waals surface area contributed by atoms with Gasteiger partial charge in [-0.3, -0.25) is 14.3 Å². The minimum absolute atomic E-state index is 0.0843. The molecule has 4 aromatic rings. The number of fused-ring (bicyclic) bond motifs is 1. The molecule has 0 aliphatic heterocycles. The molecule has 0 aliphatic rings. The molecule has 1 amide bonds. The fraction of sp³-hybridized carbons (Fsp3) is 0.308. The highest BCUT2D eigenvalue weighted by Crippen LogP contribution is 2.29. The Kier molecular flexibility index (Phi) is 7.77. The molecule has 3 N–H and O–H groups in total. The molecule has 0 fully saturated rings. The van der Waals surface area contributed by atoms with Gasteiger partial charge in [-0.05, 0) is 23.8 Å². The van der Waals surface area contributed by atoms with E-state index >= 15 is 0 Å². The summed E-state index contributed by atoms with van der Waals surface area (Å²) < 4.78 is 8.53. The Hall–Kier alpha value is -4.02. The number of nitrogens with zero attached hydrogens (tertiary/aromatic N) is 4. The van der Waals surface area contributed by atoms with Crippen LogP contribution in [0.25, 0.3) is 10.8 Å². The molecule has 0 unspecified atom stereocenters. The van der Waals surface area contributed by atoms with Gasteiger partial charge in [-0.1, -0.05) is 50.2 Å². The number of ether oxygens (including phenoxy) is 1. The number of aromatic nitrogens is 4. The van der Waals surface area contributed by atoms with E-state index < -0.39 is 30.2 Å². The summed E-state index contributed by atoms with van der Waals surface area (Å²) in [4.78, 5) is 26.1. The zero-order valence-electron chi connectivity index (χ0n) is 20.1. The van der Waals surface area contributed by atoms with Gasteiger partial charge in [-0.2, -0.15) is 10.2 Å². The number of anilines is 1. The van der Waals surface area contributed by atoms with Crippen molar-refractivity contribution in [2.45, 2.75) is 39.0 Å². The van der Waals surface area contributed by atoms with Crippen LogP contribution in [0.5, 0.6) is 11.5 Å². The number of aliphatic hydroxyl groups is 2. The number of carbonyl (C=O) groups excluding carboxylic acids is 1. The van der Waals surface area contributed by atoms with Crippen molar-refractivity contribution >= 4 is 22.5 Å². The third-order valence-electron chi connectivity index (χ3n) is 5.57. The van der Waals surface area contributed by atoms with Crippen molar-refractivity contribution in [3.8, 4) is 11.5 Å². The SMILES string of the molecule is CC(C)C[C@@H](C(=O)Nc1ccn(C[C@@H](O)CO)n1)n1ncc(Oc2cccc3ccccc23)cc1=O. The van der Waals surface area contributed by atoms with Crippen molar-refractivity contribution in [1.29, 1.82) is 0 Å². The number of hydrogen-bond acceptors (Lipinski definition) is 7. The lowest BCUT2D eigenvalue weighted by Gasteiger charge is -2.19. The molecule has 2 atom stereocenters. The lowest BCUT2D eigenvalue weighted by molar-refractivity contribution is -0.120. The largest absolute Gasteiger partial charge is 0.455 e. The minimum atomic E-state index is -0.959. The third kappa shape index (κ3) is 5.96. The van der Waals surface area contributed by atoms with Crippen LogP contribution in [-0.4, -0.2) is 48.4 Å². The fourth-order valence-electron chi connectivity index (χ4n) is 3.88.